The third-order valence-corrected chi connectivity index (χ3v) is 7.64. The Kier molecular flexibility index (Phi) is 5.63. The van der Waals surface area contributed by atoms with Gasteiger partial charge in [0, 0.05) is 23.2 Å². The van der Waals surface area contributed by atoms with E-state index in [1.54, 1.807) is 31.3 Å². The van der Waals surface area contributed by atoms with Crippen molar-refractivity contribution >= 4 is 39.6 Å². The first-order chi connectivity index (χ1) is 17.9. The van der Waals surface area contributed by atoms with Gasteiger partial charge in [0.2, 0.25) is 0 Å². The van der Waals surface area contributed by atoms with Crippen LogP contribution in [0.15, 0.2) is 69.2 Å². The van der Waals surface area contributed by atoms with Gasteiger partial charge in [-0.15, -0.1) is 21.5 Å². The SMILES string of the molecule is Cc1nnc2n1-c1sc(C#CCn3c(=O)c4ccccc4n(C)c3=O)cc1C(c1ccccc1Cl)=NC2. The van der Waals surface area contributed by atoms with Crippen molar-refractivity contribution in [1.82, 2.24) is 23.9 Å². The maximum Gasteiger partial charge on any atom is 0.332 e. The van der Waals surface area contributed by atoms with Crippen LogP contribution in [0, 0.1) is 18.8 Å². The summed E-state index contributed by atoms with van der Waals surface area (Å²) >= 11 is 8.01. The Morgan fingerprint density at radius 1 is 1.05 bits per heavy atom. The zero-order valence-corrected chi connectivity index (χ0v) is 21.5. The van der Waals surface area contributed by atoms with Crippen LogP contribution < -0.4 is 11.2 Å². The number of aryl methyl sites for hydroxylation is 2. The molecule has 2 aromatic carbocycles. The summed E-state index contributed by atoms with van der Waals surface area (Å²) in [6.07, 6.45) is 0. The smallest absolute Gasteiger partial charge is 0.296 e. The third kappa shape index (κ3) is 3.82. The van der Waals surface area contributed by atoms with Gasteiger partial charge in [-0.05, 0) is 31.2 Å². The summed E-state index contributed by atoms with van der Waals surface area (Å²) in [5, 5.41) is 10.5. The van der Waals surface area contributed by atoms with Crippen LogP contribution in [0.1, 0.15) is 27.7 Å². The molecule has 8 nitrogen and oxygen atoms in total. The van der Waals surface area contributed by atoms with E-state index in [-0.39, 0.29) is 12.1 Å². The lowest BCUT2D eigenvalue weighted by Gasteiger charge is -2.08. The average molecular weight is 527 g/mol. The highest BCUT2D eigenvalue weighted by Gasteiger charge is 2.25. The molecule has 3 aromatic heterocycles. The van der Waals surface area contributed by atoms with E-state index in [0.717, 1.165) is 42.9 Å². The number of nitrogens with zero attached hydrogens (tertiary/aromatic N) is 6. The molecule has 0 amide bonds. The first-order valence-corrected chi connectivity index (χ1v) is 12.7. The number of hydrogen-bond acceptors (Lipinski definition) is 6. The van der Waals surface area contributed by atoms with Crippen molar-refractivity contribution in [2.24, 2.45) is 12.0 Å². The highest BCUT2D eigenvalue weighted by molar-refractivity contribution is 7.15. The van der Waals surface area contributed by atoms with Crippen LogP contribution in [0.3, 0.4) is 0 Å². The van der Waals surface area contributed by atoms with Gasteiger partial charge in [-0.25, -0.2) is 9.36 Å². The summed E-state index contributed by atoms with van der Waals surface area (Å²) < 4.78 is 4.61. The number of para-hydroxylation sites is 1. The van der Waals surface area contributed by atoms with Gasteiger partial charge in [0.1, 0.15) is 17.4 Å². The van der Waals surface area contributed by atoms with Crippen LogP contribution in [0.4, 0.5) is 0 Å². The van der Waals surface area contributed by atoms with E-state index in [1.807, 2.05) is 41.8 Å². The molecule has 0 saturated carbocycles. The molecular formula is C27H19ClN6O2S. The molecule has 5 aromatic rings. The maximum atomic E-state index is 13.0. The van der Waals surface area contributed by atoms with Crippen molar-refractivity contribution in [1.29, 1.82) is 0 Å². The summed E-state index contributed by atoms with van der Waals surface area (Å²) in [4.78, 5) is 31.4. The molecule has 37 heavy (non-hydrogen) atoms. The van der Waals surface area contributed by atoms with Crippen LogP contribution >= 0.6 is 22.9 Å². The number of thiophene rings is 1. The van der Waals surface area contributed by atoms with E-state index in [9.17, 15) is 9.59 Å². The van der Waals surface area contributed by atoms with Gasteiger partial charge in [0.15, 0.2) is 5.82 Å². The van der Waals surface area contributed by atoms with Crippen molar-refractivity contribution in [3.8, 4) is 16.8 Å². The Morgan fingerprint density at radius 2 is 1.84 bits per heavy atom. The fourth-order valence-electron chi connectivity index (χ4n) is 4.48. The molecule has 1 aliphatic heterocycles. The fraction of sp³-hybridized carbons (Fsp3) is 0.148. The van der Waals surface area contributed by atoms with Gasteiger partial charge in [-0.1, -0.05) is 53.8 Å². The second-order valence-corrected chi connectivity index (χ2v) is 9.96. The molecule has 0 spiro atoms. The summed E-state index contributed by atoms with van der Waals surface area (Å²) in [6, 6.07) is 16.6. The van der Waals surface area contributed by atoms with Crippen LogP contribution in [0.5, 0.6) is 0 Å². The lowest BCUT2D eigenvalue weighted by Crippen LogP contribution is -2.38. The Morgan fingerprint density at radius 3 is 2.68 bits per heavy atom. The average Bonchev–Trinajstić information content (AvgIpc) is 3.44. The number of benzene rings is 2. The molecule has 4 heterocycles. The Hall–Kier alpha value is -4.26. The minimum Gasteiger partial charge on any atom is -0.296 e. The minimum absolute atomic E-state index is 0.0265. The number of fused-ring (bicyclic) bond motifs is 4. The largest absolute Gasteiger partial charge is 0.332 e. The molecule has 10 heteroatoms. The van der Waals surface area contributed by atoms with E-state index >= 15 is 0 Å². The molecule has 0 aliphatic carbocycles. The van der Waals surface area contributed by atoms with Crippen LogP contribution in [0.25, 0.3) is 15.9 Å². The second-order valence-electron chi connectivity index (χ2n) is 8.52. The van der Waals surface area contributed by atoms with Gasteiger partial charge >= 0.3 is 5.69 Å². The molecule has 0 saturated heterocycles. The van der Waals surface area contributed by atoms with Crippen molar-refractivity contribution in [2.75, 3.05) is 0 Å². The van der Waals surface area contributed by atoms with E-state index in [4.69, 9.17) is 16.6 Å². The highest BCUT2D eigenvalue weighted by atomic mass is 35.5. The molecule has 0 radical (unpaired) electrons. The molecule has 0 fully saturated rings. The number of aliphatic imine (C=N–C) groups is 1. The Balaban J connectivity index is 1.44. The van der Waals surface area contributed by atoms with Crippen LogP contribution in [-0.4, -0.2) is 29.6 Å². The molecule has 6 rings (SSSR count). The van der Waals surface area contributed by atoms with E-state index in [0.29, 0.717) is 22.5 Å². The highest BCUT2D eigenvalue weighted by Crippen LogP contribution is 2.34. The van der Waals surface area contributed by atoms with Crippen LogP contribution in [-0.2, 0) is 20.1 Å². The lowest BCUT2D eigenvalue weighted by molar-refractivity contribution is 0.680. The van der Waals surface area contributed by atoms with Crippen molar-refractivity contribution in [3.05, 3.63) is 108 Å². The minimum atomic E-state index is -0.405. The summed E-state index contributed by atoms with van der Waals surface area (Å²) in [6.45, 7) is 2.24. The Labute approximate surface area is 220 Å². The van der Waals surface area contributed by atoms with E-state index in [2.05, 4.69) is 22.0 Å². The van der Waals surface area contributed by atoms with Crippen molar-refractivity contribution in [2.45, 2.75) is 20.0 Å². The van der Waals surface area contributed by atoms with Crippen molar-refractivity contribution in [3.63, 3.8) is 0 Å². The number of rotatable bonds is 2. The summed E-state index contributed by atoms with van der Waals surface area (Å²) in [5.41, 5.74) is 2.29. The predicted molar refractivity (Wildman–Crippen MR) is 145 cm³/mol. The van der Waals surface area contributed by atoms with Crippen LogP contribution in [0.2, 0.25) is 5.02 Å². The molecule has 0 unspecified atom stereocenters. The van der Waals surface area contributed by atoms with Gasteiger partial charge in [-0.2, -0.15) is 0 Å². The normalized spacial score (nSPS) is 12.4. The summed E-state index contributed by atoms with van der Waals surface area (Å²) in [5.74, 6) is 7.64. The molecule has 182 valence electrons. The Bertz CT molecular complexity index is 1930. The van der Waals surface area contributed by atoms with Crippen molar-refractivity contribution < 1.29 is 0 Å². The van der Waals surface area contributed by atoms with Gasteiger partial charge in [0.05, 0.1) is 28.0 Å². The molecule has 0 N–H and O–H groups in total. The number of aromatic nitrogens is 5. The van der Waals surface area contributed by atoms with Gasteiger partial charge < -0.3 is 0 Å². The first-order valence-electron chi connectivity index (χ1n) is 11.5. The third-order valence-electron chi connectivity index (χ3n) is 6.28. The predicted octanol–water partition coefficient (Wildman–Crippen LogP) is 3.71. The molecular weight excluding hydrogens is 508 g/mol. The zero-order valence-electron chi connectivity index (χ0n) is 19.9. The number of halogens is 1. The maximum absolute atomic E-state index is 13.0. The summed E-state index contributed by atoms with van der Waals surface area (Å²) in [7, 11) is 1.65. The molecule has 0 atom stereocenters. The monoisotopic (exact) mass is 526 g/mol. The van der Waals surface area contributed by atoms with E-state index < -0.39 is 5.69 Å². The van der Waals surface area contributed by atoms with E-state index in [1.165, 1.54) is 15.9 Å². The van der Waals surface area contributed by atoms with Gasteiger partial charge in [0.25, 0.3) is 5.56 Å². The standard InChI is InChI=1S/C27H19ClN6O2S/c1-16-30-31-23-15-29-24(18-9-3-5-11-21(18)28)20-14-17(37-26(20)34(16)23)8-7-13-33-25(35)19-10-4-6-12-22(19)32(2)27(33)36/h3-6,9-12,14H,13,15H2,1-2H3. The number of hydrogen-bond donors (Lipinski definition) is 0. The molecule has 0 bridgehead atoms. The fourth-order valence-corrected chi connectivity index (χ4v) is 5.81. The zero-order chi connectivity index (χ0) is 25.7. The first kappa shape index (κ1) is 23.2. The quantitative estimate of drug-likeness (QED) is 0.328. The second kappa shape index (κ2) is 9.00. The molecule has 1 aliphatic rings. The lowest BCUT2D eigenvalue weighted by atomic mass is 10.0. The van der Waals surface area contributed by atoms with Gasteiger partial charge in [-0.3, -0.25) is 18.9 Å². The topological polar surface area (TPSA) is 87.1 Å².